The van der Waals surface area contributed by atoms with Gasteiger partial charge in [-0.1, -0.05) is 12.5 Å². The Hall–Kier alpha value is -1.46. The first-order valence-electron chi connectivity index (χ1n) is 10.6. The van der Waals surface area contributed by atoms with E-state index >= 15 is 0 Å². The van der Waals surface area contributed by atoms with E-state index in [0.29, 0.717) is 18.5 Å². The number of amides is 1. The number of likely N-dealkylation sites (tertiary alicyclic amines) is 1. The molecule has 0 aliphatic carbocycles. The van der Waals surface area contributed by atoms with E-state index < -0.39 is 5.41 Å². The second-order valence-electron chi connectivity index (χ2n) is 8.49. The molecule has 5 nitrogen and oxygen atoms in total. The molecule has 5 heteroatoms. The SMILES string of the molecule is CC(C)N(CCC(CCN1CCCCC1)(C(N)=O)c1ccccn1)C(C)C. The molecule has 1 aliphatic rings. The predicted octanol–water partition coefficient (Wildman–Crippen LogP) is 3.19. The van der Waals surface area contributed by atoms with Crippen molar-refractivity contribution in [2.45, 2.75) is 77.3 Å². The van der Waals surface area contributed by atoms with Crippen LogP contribution in [-0.2, 0) is 10.2 Å². The van der Waals surface area contributed by atoms with Gasteiger partial charge in [0.15, 0.2) is 0 Å². The molecule has 27 heavy (non-hydrogen) atoms. The van der Waals surface area contributed by atoms with E-state index in [1.165, 1.54) is 19.3 Å². The maximum Gasteiger partial charge on any atom is 0.229 e. The number of rotatable bonds is 10. The molecule has 2 N–H and O–H groups in total. The van der Waals surface area contributed by atoms with E-state index in [4.69, 9.17) is 5.73 Å². The molecule has 1 atom stereocenters. The highest BCUT2D eigenvalue weighted by molar-refractivity contribution is 5.86. The van der Waals surface area contributed by atoms with E-state index in [2.05, 4.69) is 42.5 Å². The molecule has 1 aromatic heterocycles. The van der Waals surface area contributed by atoms with Crippen molar-refractivity contribution in [3.63, 3.8) is 0 Å². The highest BCUT2D eigenvalue weighted by Gasteiger charge is 2.40. The summed E-state index contributed by atoms with van der Waals surface area (Å²) in [5.41, 5.74) is 6.16. The Morgan fingerprint density at radius 2 is 1.81 bits per heavy atom. The number of hydrogen-bond acceptors (Lipinski definition) is 4. The Balaban J connectivity index is 2.23. The minimum atomic E-state index is -0.708. The second kappa shape index (κ2) is 10.2. The number of piperidine rings is 1. The number of primary amides is 1. The van der Waals surface area contributed by atoms with Crippen LogP contribution in [0.25, 0.3) is 0 Å². The third-order valence-electron chi connectivity index (χ3n) is 6.05. The van der Waals surface area contributed by atoms with Crippen molar-refractivity contribution in [1.82, 2.24) is 14.8 Å². The van der Waals surface area contributed by atoms with Crippen LogP contribution in [0.15, 0.2) is 24.4 Å². The Bertz CT molecular complexity index is 561. The summed E-state index contributed by atoms with van der Waals surface area (Å²) >= 11 is 0. The largest absolute Gasteiger partial charge is 0.369 e. The van der Waals surface area contributed by atoms with E-state index in [1.807, 2.05) is 18.2 Å². The second-order valence-corrected chi connectivity index (χ2v) is 8.49. The standard InChI is InChI=1S/C22H38N4O/c1-18(2)26(19(3)4)17-12-22(21(23)27,20-10-6-7-13-24-20)11-16-25-14-8-5-9-15-25/h6-7,10,13,18-19H,5,8-9,11-12,14-17H2,1-4H3,(H2,23,27). The van der Waals surface area contributed by atoms with Crippen LogP contribution in [0.1, 0.15) is 65.5 Å². The molecule has 2 heterocycles. The maximum absolute atomic E-state index is 12.8. The van der Waals surface area contributed by atoms with Crippen molar-refractivity contribution in [2.75, 3.05) is 26.2 Å². The zero-order chi connectivity index (χ0) is 19.9. The lowest BCUT2D eigenvalue weighted by atomic mass is 9.76. The third-order valence-corrected chi connectivity index (χ3v) is 6.05. The van der Waals surface area contributed by atoms with Crippen molar-refractivity contribution in [3.8, 4) is 0 Å². The summed E-state index contributed by atoms with van der Waals surface area (Å²) in [5.74, 6) is -0.245. The lowest BCUT2D eigenvalue weighted by molar-refractivity contribution is -0.124. The molecule has 2 rings (SSSR count). The molecule has 1 aliphatic heterocycles. The third kappa shape index (κ3) is 5.76. The van der Waals surface area contributed by atoms with Gasteiger partial charge in [0.25, 0.3) is 0 Å². The Kier molecular flexibility index (Phi) is 8.24. The number of nitrogens with two attached hydrogens (primary N) is 1. The van der Waals surface area contributed by atoms with Crippen LogP contribution < -0.4 is 5.73 Å². The molecule has 1 saturated heterocycles. The van der Waals surface area contributed by atoms with Gasteiger partial charge >= 0.3 is 0 Å². The number of hydrogen-bond donors (Lipinski definition) is 1. The summed E-state index contributed by atoms with van der Waals surface area (Å²) in [7, 11) is 0. The van der Waals surface area contributed by atoms with Crippen LogP contribution in [0.2, 0.25) is 0 Å². The number of aromatic nitrogens is 1. The average molecular weight is 375 g/mol. The van der Waals surface area contributed by atoms with Crippen molar-refractivity contribution in [2.24, 2.45) is 5.73 Å². The molecule has 0 bridgehead atoms. The molecule has 1 unspecified atom stereocenters. The molecule has 0 aromatic carbocycles. The van der Waals surface area contributed by atoms with Gasteiger partial charge in [-0.2, -0.15) is 0 Å². The van der Waals surface area contributed by atoms with E-state index in [9.17, 15) is 4.79 Å². The molecule has 0 radical (unpaired) electrons. The topological polar surface area (TPSA) is 62.5 Å². The lowest BCUT2D eigenvalue weighted by Crippen LogP contribution is -2.48. The molecule has 152 valence electrons. The monoisotopic (exact) mass is 374 g/mol. The van der Waals surface area contributed by atoms with Crippen molar-refractivity contribution in [1.29, 1.82) is 0 Å². The van der Waals surface area contributed by atoms with E-state index in [-0.39, 0.29) is 5.91 Å². The fraction of sp³-hybridized carbons (Fsp3) is 0.727. The molecular formula is C22H38N4O. The first-order chi connectivity index (χ1) is 12.9. The van der Waals surface area contributed by atoms with Crippen LogP contribution in [0.5, 0.6) is 0 Å². The highest BCUT2D eigenvalue weighted by atomic mass is 16.1. The number of carbonyl (C=O) groups is 1. The van der Waals surface area contributed by atoms with Crippen LogP contribution >= 0.6 is 0 Å². The normalized spacial score (nSPS) is 18.2. The van der Waals surface area contributed by atoms with Gasteiger partial charge in [0.05, 0.1) is 11.1 Å². The van der Waals surface area contributed by atoms with Gasteiger partial charge in [-0.15, -0.1) is 0 Å². The van der Waals surface area contributed by atoms with Crippen LogP contribution in [-0.4, -0.2) is 59.0 Å². The molecular weight excluding hydrogens is 336 g/mol. The van der Waals surface area contributed by atoms with Gasteiger partial charge in [-0.05, 0) is 85.1 Å². The number of carbonyl (C=O) groups excluding carboxylic acids is 1. The van der Waals surface area contributed by atoms with Gasteiger partial charge in [-0.25, -0.2) is 0 Å². The Morgan fingerprint density at radius 1 is 1.15 bits per heavy atom. The average Bonchev–Trinajstić information content (AvgIpc) is 2.65. The number of nitrogens with zero attached hydrogens (tertiary/aromatic N) is 3. The molecule has 0 saturated carbocycles. The summed E-state index contributed by atoms with van der Waals surface area (Å²) in [6, 6.07) is 6.69. The van der Waals surface area contributed by atoms with Crippen molar-refractivity contribution < 1.29 is 4.79 Å². The Morgan fingerprint density at radius 3 is 2.33 bits per heavy atom. The minimum absolute atomic E-state index is 0.245. The van der Waals surface area contributed by atoms with Crippen LogP contribution in [0.3, 0.4) is 0 Å². The highest BCUT2D eigenvalue weighted by Crippen LogP contribution is 2.32. The number of pyridine rings is 1. The Labute approximate surface area is 165 Å². The summed E-state index contributed by atoms with van der Waals surface area (Å²) in [6.07, 6.45) is 7.04. The van der Waals surface area contributed by atoms with Crippen LogP contribution in [0, 0.1) is 0 Å². The molecule has 0 spiro atoms. The zero-order valence-electron chi connectivity index (χ0n) is 17.7. The summed E-state index contributed by atoms with van der Waals surface area (Å²) < 4.78 is 0. The molecule has 1 aromatic rings. The van der Waals surface area contributed by atoms with Gasteiger partial charge in [0, 0.05) is 24.8 Å². The minimum Gasteiger partial charge on any atom is -0.369 e. The van der Waals surface area contributed by atoms with Crippen molar-refractivity contribution >= 4 is 5.91 Å². The predicted molar refractivity (Wildman–Crippen MR) is 112 cm³/mol. The molecule has 1 fully saturated rings. The molecule has 1 amide bonds. The summed E-state index contributed by atoms with van der Waals surface area (Å²) in [6.45, 7) is 12.8. The quantitative estimate of drug-likeness (QED) is 0.683. The first-order valence-corrected chi connectivity index (χ1v) is 10.6. The summed E-state index contributed by atoms with van der Waals surface area (Å²) in [5, 5.41) is 0. The lowest BCUT2D eigenvalue weighted by Gasteiger charge is -2.37. The summed E-state index contributed by atoms with van der Waals surface area (Å²) in [4.78, 5) is 22.3. The fourth-order valence-corrected chi connectivity index (χ4v) is 4.36. The van der Waals surface area contributed by atoms with Gasteiger partial charge in [-0.3, -0.25) is 14.7 Å². The first kappa shape index (κ1) is 21.8. The smallest absolute Gasteiger partial charge is 0.229 e. The van der Waals surface area contributed by atoms with Gasteiger partial charge < -0.3 is 10.6 Å². The maximum atomic E-state index is 12.8. The van der Waals surface area contributed by atoms with E-state index in [0.717, 1.165) is 38.3 Å². The van der Waals surface area contributed by atoms with E-state index in [1.54, 1.807) is 6.20 Å². The van der Waals surface area contributed by atoms with Gasteiger partial charge in [0.2, 0.25) is 5.91 Å². The zero-order valence-corrected chi connectivity index (χ0v) is 17.7. The van der Waals surface area contributed by atoms with Crippen molar-refractivity contribution in [3.05, 3.63) is 30.1 Å². The fourth-order valence-electron chi connectivity index (χ4n) is 4.36. The van der Waals surface area contributed by atoms with Gasteiger partial charge in [0.1, 0.15) is 0 Å². The van der Waals surface area contributed by atoms with Crippen LogP contribution in [0.4, 0.5) is 0 Å².